The van der Waals surface area contributed by atoms with Gasteiger partial charge in [0.25, 0.3) is 0 Å². The van der Waals surface area contributed by atoms with Crippen LogP contribution in [0.3, 0.4) is 0 Å². The third-order valence-corrected chi connectivity index (χ3v) is 4.58. The van der Waals surface area contributed by atoms with E-state index in [1.165, 1.54) is 24.3 Å². The molecule has 0 aliphatic carbocycles. The Morgan fingerprint density at radius 3 is 2.42 bits per heavy atom. The summed E-state index contributed by atoms with van der Waals surface area (Å²) in [7, 11) is 0. The number of ether oxygens (including phenoxy) is 1. The molecule has 1 N–H and O–H groups in total. The maximum absolute atomic E-state index is 10.3. The van der Waals surface area contributed by atoms with Crippen molar-refractivity contribution in [1.29, 1.82) is 0 Å². The van der Waals surface area contributed by atoms with E-state index in [1.807, 2.05) is 49.9 Å². The third kappa shape index (κ3) is 4.73. The zero-order chi connectivity index (χ0) is 13.7. The van der Waals surface area contributed by atoms with E-state index in [9.17, 15) is 5.11 Å². The lowest BCUT2D eigenvalue weighted by atomic mass is 9.92. The molecule has 2 nitrogen and oxygen atoms in total. The minimum Gasteiger partial charge on any atom is -0.491 e. The van der Waals surface area contributed by atoms with E-state index in [2.05, 4.69) is 0 Å². The molecule has 1 heterocycles. The number of aliphatic hydroxyl groups is 1. The van der Waals surface area contributed by atoms with Gasteiger partial charge < -0.3 is 9.84 Å². The number of hydrogen-bond acceptors (Lipinski definition) is 3. The van der Waals surface area contributed by atoms with E-state index in [4.69, 9.17) is 4.74 Å². The monoisotopic (exact) mass is 280 g/mol. The van der Waals surface area contributed by atoms with Crippen molar-refractivity contribution in [3.8, 4) is 5.75 Å². The van der Waals surface area contributed by atoms with E-state index in [0.717, 1.165) is 17.7 Å². The van der Waals surface area contributed by atoms with Crippen LogP contribution < -0.4 is 4.74 Å². The largest absolute Gasteiger partial charge is 0.491 e. The Labute approximate surface area is 120 Å². The summed E-state index contributed by atoms with van der Waals surface area (Å²) in [6, 6.07) is 7.88. The highest BCUT2D eigenvalue weighted by molar-refractivity contribution is 7.99. The molecule has 1 aromatic carbocycles. The van der Waals surface area contributed by atoms with Crippen LogP contribution in [0.15, 0.2) is 24.3 Å². The fourth-order valence-electron chi connectivity index (χ4n) is 2.47. The molecular weight excluding hydrogens is 256 g/mol. The molecule has 1 aliphatic rings. The van der Waals surface area contributed by atoms with Crippen molar-refractivity contribution in [3.05, 3.63) is 29.8 Å². The summed E-state index contributed by atoms with van der Waals surface area (Å²) in [6.07, 6.45) is 3.24. The van der Waals surface area contributed by atoms with E-state index in [1.54, 1.807) is 0 Å². The lowest BCUT2D eigenvalue weighted by molar-refractivity contribution is 0.141. The third-order valence-electron chi connectivity index (χ3n) is 3.53. The summed E-state index contributed by atoms with van der Waals surface area (Å²) in [5.41, 5.74) is 1.01. The Morgan fingerprint density at radius 2 is 1.84 bits per heavy atom. The molecular formula is C16H24O2S. The highest BCUT2D eigenvalue weighted by Gasteiger charge is 2.18. The summed E-state index contributed by atoms with van der Waals surface area (Å²) in [4.78, 5) is 0. The highest BCUT2D eigenvalue weighted by atomic mass is 32.2. The fraction of sp³-hybridized carbons (Fsp3) is 0.625. The van der Waals surface area contributed by atoms with Crippen LogP contribution in [0.1, 0.15) is 44.8 Å². The standard InChI is InChI=1S/C16H24O2S/c1-12(2)18-15-5-3-14(4-6-15)16(17)11-13-7-9-19-10-8-13/h3-6,12-13,16-17H,7-11H2,1-2H3. The lowest BCUT2D eigenvalue weighted by Crippen LogP contribution is -2.13. The average Bonchev–Trinajstić information content (AvgIpc) is 2.40. The molecule has 3 heteroatoms. The van der Waals surface area contributed by atoms with Crippen molar-refractivity contribution < 1.29 is 9.84 Å². The molecule has 0 amide bonds. The quantitative estimate of drug-likeness (QED) is 0.882. The van der Waals surface area contributed by atoms with Crippen molar-refractivity contribution in [2.45, 2.75) is 45.3 Å². The number of thioether (sulfide) groups is 1. The van der Waals surface area contributed by atoms with Gasteiger partial charge in [0.2, 0.25) is 0 Å². The summed E-state index contributed by atoms with van der Waals surface area (Å²) in [5, 5.41) is 10.3. The summed E-state index contributed by atoms with van der Waals surface area (Å²) >= 11 is 2.03. The van der Waals surface area contributed by atoms with Crippen molar-refractivity contribution in [2.24, 2.45) is 5.92 Å². The molecule has 0 aromatic heterocycles. The summed E-state index contributed by atoms with van der Waals surface area (Å²) in [6.45, 7) is 4.04. The van der Waals surface area contributed by atoms with Gasteiger partial charge in [-0.2, -0.15) is 11.8 Å². The maximum Gasteiger partial charge on any atom is 0.119 e. The van der Waals surface area contributed by atoms with Gasteiger partial charge in [0.05, 0.1) is 12.2 Å². The van der Waals surface area contributed by atoms with E-state index >= 15 is 0 Å². The Morgan fingerprint density at radius 1 is 1.21 bits per heavy atom. The van der Waals surface area contributed by atoms with Crippen molar-refractivity contribution in [2.75, 3.05) is 11.5 Å². The van der Waals surface area contributed by atoms with Crippen molar-refractivity contribution in [1.82, 2.24) is 0 Å². The molecule has 19 heavy (non-hydrogen) atoms. The second kappa shape index (κ2) is 7.20. The Kier molecular flexibility index (Phi) is 5.59. The second-order valence-corrected chi connectivity index (χ2v) is 6.77. The molecule has 0 spiro atoms. The van der Waals surface area contributed by atoms with Crippen molar-refractivity contribution in [3.63, 3.8) is 0 Å². The van der Waals surface area contributed by atoms with Crippen LogP contribution in [-0.4, -0.2) is 22.7 Å². The number of hydrogen-bond donors (Lipinski definition) is 1. The minimum absolute atomic E-state index is 0.190. The first kappa shape index (κ1) is 14.7. The van der Waals surface area contributed by atoms with E-state index in [-0.39, 0.29) is 12.2 Å². The molecule has 1 aromatic rings. The van der Waals surface area contributed by atoms with Crippen molar-refractivity contribution >= 4 is 11.8 Å². The van der Waals surface area contributed by atoms with Gasteiger partial charge in [0.1, 0.15) is 5.75 Å². The van der Waals surface area contributed by atoms with Crippen LogP contribution in [0.5, 0.6) is 5.75 Å². The lowest BCUT2D eigenvalue weighted by Gasteiger charge is -2.24. The Balaban J connectivity index is 1.89. The van der Waals surface area contributed by atoms with Gasteiger partial charge in [0, 0.05) is 0 Å². The second-order valence-electron chi connectivity index (χ2n) is 5.54. The van der Waals surface area contributed by atoms with Crippen LogP contribution in [0, 0.1) is 5.92 Å². The number of rotatable bonds is 5. The minimum atomic E-state index is -0.332. The molecule has 1 unspecified atom stereocenters. The van der Waals surface area contributed by atoms with Gasteiger partial charge in [-0.05, 0) is 68.2 Å². The topological polar surface area (TPSA) is 29.5 Å². The normalized spacial score (nSPS) is 18.5. The molecule has 1 fully saturated rings. The first-order valence-corrected chi connectivity index (χ1v) is 8.33. The average molecular weight is 280 g/mol. The molecule has 1 atom stereocenters. The molecule has 1 aliphatic heterocycles. The number of benzene rings is 1. The predicted molar refractivity (Wildman–Crippen MR) is 81.8 cm³/mol. The first-order valence-electron chi connectivity index (χ1n) is 7.17. The molecule has 0 radical (unpaired) electrons. The summed E-state index contributed by atoms with van der Waals surface area (Å²) < 4.78 is 5.61. The van der Waals surface area contributed by atoms with Crippen LogP contribution in [0.2, 0.25) is 0 Å². The van der Waals surface area contributed by atoms with Gasteiger partial charge in [-0.3, -0.25) is 0 Å². The molecule has 0 bridgehead atoms. The van der Waals surface area contributed by atoms with Crippen LogP contribution in [0.4, 0.5) is 0 Å². The molecule has 0 saturated carbocycles. The van der Waals surface area contributed by atoms with Gasteiger partial charge in [0.15, 0.2) is 0 Å². The maximum atomic E-state index is 10.3. The van der Waals surface area contributed by atoms with Gasteiger partial charge >= 0.3 is 0 Å². The predicted octanol–water partition coefficient (Wildman–Crippen LogP) is 4.04. The van der Waals surface area contributed by atoms with Gasteiger partial charge in [-0.15, -0.1) is 0 Å². The first-order chi connectivity index (χ1) is 9.15. The van der Waals surface area contributed by atoms with Gasteiger partial charge in [-0.1, -0.05) is 12.1 Å². The smallest absolute Gasteiger partial charge is 0.119 e. The van der Waals surface area contributed by atoms with Crippen LogP contribution >= 0.6 is 11.8 Å². The zero-order valence-electron chi connectivity index (χ0n) is 11.8. The molecule has 106 valence electrons. The van der Waals surface area contributed by atoms with E-state index in [0.29, 0.717) is 5.92 Å². The zero-order valence-corrected chi connectivity index (χ0v) is 12.7. The van der Waals surface area contributed by atoms with Gasteiger partial charge in [-0.25, -0.2) is 0 Å². The van der Waals surface area contributed by atoms with E-state index < -0.39 is 0 Å². The molecule has 1 saturated heterocycles. The molecule has 2 rings (SSSR count). The Hall–Kier alpha value is -0.670. The van der Waals surface area contributed by atoms with Crippen LogP contribution in [0.25, 0.3) is 0 Å². The SMILES string of the molecule is CC(C)Oc1ccc(C(O)CC2CCSCC2)cc1. The fourth-order valence-corrected chi connectivity index (χ4v) is 3.68. The number of aliphatic hydroxyl groups excluding tert-OH is 1. The van der Waals surface area contributed by atoms with Crippen LogP contribution in [-0.2, 0) is 0 Å². The summed E-state index contributed by atoms with van der Waals surface area (Å²) in [5.74, 6) is 4.06. The highest BCUT2D eigenvalue weighted by Crippen LogP contribution is 2.31. The Bertz CT molecular complexity index is 369.